The molecule has 0 saturated carbocycles. The van der Waals surface area contributed by atoms with Crippen molar-refractivity contribution < 1.29 is 24.1 Å². The van der Waals surface area contributed by atoms with Gasteiger partial charge >= 0.3 is 0 Å². The summed E-state index contributed by atoms with van der Waals surface area (Å²) in [6.45, 7) is 11.2. The monoisotopic (exact) mass is 452 g/mol. The molecule has 3 unspecified atom stereocenters. The lowest BCUT2D eigenvalue weighted by molar-refractivity contribution is -0.132. The van der Waals surface area contributed by atoms with Gasteiger partial charge < -0.3 is 30.0 Å². The van der Waals surface area contributed by atoms with Crippen LogP contribution in [0.3, 0.4) is 0 Å². The lowest BCUT2D eigenvalue weighted by Gasteiger charge is -2.32. The quantitative estimate of drug-likeness (QED) is 0.397. The molecule has 0 spiro atoms. The van der Waals surface area contributed by atoms with Gasteiger partial charge in [-0.05, 0) is 56.2 Å². The summed E-state index contributed by atoms with van der Waals surface area (Å²) < 4.78 is 16.4. The molecule has 184 valence electrons. The summed E-state index contributed by atoms with van der Waals surface area (Å²) in [5.74, 6) is 2.04. The van der Waals surface area contributed by atoms with Crippen LogP contribution in [-0.2, 0) is 16.0 Å². The third-order valence-electron chi connectivity index (χ3n) is 5.90. The Balaban J connectivity index is 2.84. The summed E-state index contributed by atoms with van der Waals surface area (Å²) in [6, 6.07) is 5.62. The molecule has 3 N–H and O–H groups in total. The van der Waals surface area contributed by atoms with Gasteiger partial charge in [0.15, 0.2) is 11.5 Å². The van der Waals surface area contributed by atoms with Crippen molar-refractivity contribution in [2.24, 2.45) is 17.6 Å². The topological polar surface area (TPSA) is 94.3 Å². The van der Waals surface area contributed by atoms with Crippen LogP contribution in [0.1, 0.15) is 53.0 Å². The van der Waals surface area contributed by atoms with Crippen molar-refractivity contribution >= 4 is 5.91 Å². The van der Waals surface area contributed by atoms with Crippen molar-refractivity contribution in [3.63, 3.8) is 0 Å². The van der Waals surface area contributed by atoms with E-state index < -0.39 is 12.1 Å². The number of nitrogens with zero attached hydrogens (tertiary/aromatic N) is 1. The third kappa shape index (κ3) is 9.35. The average molecular weight is 453 g/mol. The number of benzene rings is 1. The molecule has 0 fully saturated rings. The predicted molar refractivity (Wildman–Crippen MR) is 128 cm³/mol. The van der Waals surface area contributed by atoms with Crippen molar-refractivity contribution in [1.29, 1.82) is 0 Å². The first-order chi connectivity index (χ1) is 15.1. The molecule has 0 aromatic heterocycles. The highest BCUT2D eigenvalue weighted by Crippen LogP contribution is 2.31. The highest BCUT2D eigenvalue weighted by atomic mass is 16.5. The second-order valence-electron chi connectivity index (χ2n) is 9.12. The van der Waals surface area contributed by atoms with Gasteiger partial charge in [-0.3, -0.25) is 4.79 Å². The van der Waals surface area contributed by atoms with Crippen molar-refractivity contribution in [3.8, 4) is 11.5 Å². The van der Waals surface area contributed by atoms with Crippen LogP contribution in [0.5, 0.6) is 11.5 Å². The van der Waals surface area contributed by atoms with E-state index >= 15 is 0 Å². The number of aliphatic hydroxyl groups is 1. The van der Waals surface area contributed by atoms with E-state index in [1.165, 1.54) is 6.92 Å². The van der Waals surface area contributed by atoms with Crippen molar-refractivity contribution in [2.75, 3.05) is 34.0 Å². The van der Waals surface area contributed by atoms with Gasteiger partial charge in [0.1, 0.15) is 0 Å². The van der Waals surface area contributed by atoms with Crippen LogP contribution in [0.4, 0.5) is 0 Å². The van der Waals surface area contributed by atoms with Gasteiger partial charge in [-0.2, -0.15) is 0 Å². The van der Waals surface area contributed by atoms with Crippen LogP contribution < -0.4 is 15.2 Å². The van der Waals surface area contributed by atoms with Crippen LogP contribution in [0.2, 0.25) is 0 Å². The van der Waals surface area contributed by atoms with E-state index in [0.717, 1.165) is 24.2 Å². The second-order valence-corrected chi connectivity index (χ2v) is 9.12. The van der Waals surface area contributed by atoms with Gasteiger partial charge in [-0.25, -0.2) is 0 Å². The number of methoxy groups -OCH3 is 2. The lowest BCUT2D eigenvalue weighted by Crippen LogP contribution is -2.48. The number of aliphatic hydroxyl groups excluding tert-OH is 1. The van der Waals surface area contributed by atoms with E-state index in [-0.39, 0.29) is 24.4 Å². The van der Waals surface area contributed by atoms with Gasteiger partial charge in [0.25, 0.3) is 0 Å². The summed E-state index contributed by atoms with van der Waals surface area (Å²) in [6.07, 6.45) is 1.52. The molecule has 0 aliphatic rings. The maximum Gasteiger partial charge on any atom is 0.219 e. The van der Waals surface area contributed by atoms with Crippen molar-refractivity contribution in [2.45, 2.75) is 72.1 Å². The van der Waals surface area contributed by atoms with Crippen LogP contribution in [0, 0.1) is 11.8 Å². The fourth-order valence-electron chi connectivity index (χ4n) is 3.79. The van der Waals surface area contributed by atoms with Crippen LogP contribution in [0.25, 0.3) is 0 Å². The Morgan fingerprint density at radius 2 is 1.81 bits per heavy atom. The summed E-state index contributed by atoms with van der Waals surface area (Å²) in [5.41, 5.74) is 7.52. The number of hydrogen-bond acceptors (Lipinski definition) is 6. The first kappa shape index (κ1) is 28.2. The first-order valence-corrected chi connectivity index (χ1v) is 11.6. The minimum absolute atomic E-state index is 0.0249. The number of carbonyl (C=O) groups is 1. The van der Waals surface area contributed by atoms with E-state index in [9.17, 15) is 9.90 Å². The smallest absolute Gasteiger partial charge is 0.219 e. The Bertz CT molecular complexity index is 680. The molecule has 1 aromatic carbocycles. The molecule has 3 atom stereocenters. The Morgan fingerprint density at radius 3 is 2.34 bits per heavy atom. The third-order valence-corrected chi connectivity index (χ3v) is 5.90. The molecule has 7 nitrogen and oxygen atoms in total. The number of nitrogens with two attached hydrogens (primary N) is 1. The standard InChI is InChI=1S/C25H44N2O5/c1-17(2)21(15-22(26)23(29)16-27(18(3)4)19(5)28)13-20-9-10-24(31-7)25(14-20)32-12-8-11-30-6/h9-10,14,17-18,21-23,29H,8,11-13,15-16,26H2,1-7H3. The number of rotatable bonds is 15. The highest BCUT2D eigenvalue weighted by molar-refractivity contribution is 5.73. The van der Waals surface area contributed by atoms with Gasteiger partial charge in [-0.15, -0.1) is 0 Å². The molecular formula is C25H44N2O5. The number of hydrogen-bond donors (Lipinski definition) is 2. The van der Waals surface area contributed by atoms with Gasteiger partial charge in [-0.1, -0.05) is 19.9 Å². The van der Waals surface area contributed by atoms with Crippen LogP contribution in [-0.4, -0.2) is 68.1 Å². The Labute approximate surface area is 194 Å². The minimum Gasteiger partial charge on any atom is -0.493 e. The summed E-state index contributed by atoms with van der Waals surface area (Å²) in [7, 11) is 3.31. The van der Waals surface area contributed by atoms with E-state index in [1.54, 1.807) is 19.1 Å². The van der Waals surface area contributed by atoms with E-state index in [0.29, 0.717) is 31.3 Å². The molecule has 7 heteroatoms. The van der Waals surface area contributed by atoms with Crippen LogP contribution >= 0.6 is 0 Å². The normalized spacial score (nSPS) is 14.3. The zero-order valence-electron chi connectivity index (χ0n) is 21.0. The minimum atomic E-state index is -0.766. The van der Waals surface area contributed by atoms with E-state index in [4.69, 9.17) is 19.9 Å². The molecule has 0 aliphatic heterocycles. The number of ether oxygens (including phenoxy) is 3. The molecular weight excluding hydrogens is 408 g/mol. The Kier molecular flexibility index (Phi) is 12.6. The van der Waals surface area contributed by atoms with Crippen molar-refractivity contribution in [1.82, 2.24) is 4.90 Å². The molecule has 32 heavy (non-hydrogen) atoms. The second kappa shape index (κ2) is 14.3. The molecule has 0 aliphatic carbocycles. The predicted octanol–water partition coefficient (Wildman–Crippen LogP) is 3.26. The first-order valence-electron chi connectivity index (χ1n) is 11.6. The summed E-state index contributed by atoms with van der Waals surface area (Å²) in [5, 5.41) is 10.7. The number of amides is 1. The molecule has 0 saturated heterocycles. The maximum absolute atomic E-state index is 11.9. The molecule has 0 bridgehead atoms. The fraction of sp³-hybridized carbons (Fsp3) is 0.720. The van der Waals surface area contributed by atoms with Crippen molar-refractivity contribution in [3.05, 3.63) is 23.8 Å². The maximum atomic E-state index is 11.9. The van der Waals surface area contributed by atoms with Gasteiger partial charge in [0.2, 0.25) is 5.91 Å². The SMILES string of the molecule is COCCCOc1cc(CC(CC(N)C(O)CN(C(C)=O)C(C)C)C(C)C)ccc1OC. The largest absolute Gasteiger partial charge is 0.493 e. The zero-order chi connectivity index (χ0) is 24.3. The molecule has 1 aromatic rings. The summed E-state index contributed by atoms with van der Waals surface area (Å²) in [4.78, 5) is 13.5. The van der Waals surface area contributed by atoms with E-state index in [1.807, 2.05) is 26.0 Å². The Morgan fingerprint density at radius 1 is 1.12 bits per heavy atom. The fourth-order valence-corrected chi connectivity index (χ4v) is 3.79. The van der Waals surface area contributed by atoms with Crippen LogP contribution in [0.15, 0.2) is 18.2 Å². The van der Waals surface area contributed by atoms with Gasteiger partial charge in [0.05, 0.1) is 19.8 Å². The molecule has 1 amide bonds. The zero-order valence-corrected chi connectivity index (χ0v) is 21.0. The van der Waals surface area contributed by atoms with Gasteiger partial charge in [0, 0.05) is 45.7 Å². The molecule has 0 heterocycles. The molecule has 0 radical (unpaired) electrons. The Hall–Kier alpha value is -1.83. The molecule has 1 rings (SSSR count). The highest BCUT2D eigenvalue weighted by Gasteiger charge is 2.26. The lowest BCUT2D eigenvalue weighted by atomic mass is 9.83. The summed E-state index contributed by atoms with van der Waals surface area (Å²) >= 11 is 0. The average Bonchev–Trinajstić information content (AvgIpc) is 2.73. The van der Waals surface area contributed by atoms with E-state index in [2.05, 4.69) is 19.9 Å². The number of carbonyl (C=O) groups excluding carboxylic acids is 1.